The Balaban J connectivity index is 1.52. The fraction of sp³-hybridized carbons (Fsp3) is 0.289. The molecule has 0 unspecified atom stereocenters. The van der Waals surface area contributed by atoms with E-state index in [2.05, 4.69) is 191 Å². The molecule has 1 aromatic heterocycles. The smallest absolute Gasteiger partial charge is 0.136 e. The van der Waals surface area contributed by atoms with Gasteiger partial charge in [0.25, 0.3) is 0 Å². The predicted molar refractivity (Wildman–Crippen MR) is 207 cm³/mol. The first kappa shape index (κ1) is 31.8. The van der Waals surface area contributed by atoms with Crippen LogP contribution in [-0.4, -0.2) is 4.57 Å². The number of hydrogen-bond donors (Lipinski definition) is 0. The lowest BCUT2D eigenvalue weighted by Crippen LogP contribution is -2.33. The Kier molecular flexibility index (Phi) is 8.41. The van der Waals surface area contributed by atoms with Crippen molar-refractivity contribution in [3.8, 4) is 5.69 Å². The third-order valence-electron chi connectivity index (χ3n) is 10.1. The van der Waals surface area contributed by atoms with E-state index in [1.807, 2.05) is 0 Å². The molecule has 2 heterocycles. The maximum atomic E-state index is 2.57. The van der Waals surface area contributed by atoms with Gasteiger partial charge in [-0.15, -0.1) is 0 Å². The maximum Gasteiger partial charge on any atom is 0.136 e. The first-order valence-corrected chi connectivity index (χ1v) is 17.8. The van der Waals surface area contributed by atoms with Crippen molar-refractivity contribution in [1.82, 2.24) is 4.57 Å². The second kappa shape index (κ2) is 12.7. The molecule has 48 heavy (non-hydrogen) atoms. The van der Waals surface area contributed by atoms with E-state index < -0.39 is 0 Å². The van der Waals surface area contributed by atoms with Crippen LogP contribution < -0.4 is 9.80 Å². The van der Waals surface area contributed by atoms with Crippen LogP contribution in [-0.2, 0) is 0 Å². The zero-order valence-electron chi connectivity index (χ0n) is 29.8. The lowest BCUT2D eigenvalue weighted by molar-refractivity contribution is 0.702. The van der Waals surface area contributed by atoms with Gasteiger partial charge in [-0.2, -0.15) is 0 Å². The standard InChI is InChI=1S/C45H49N3/c1-29(2)35-19-14-20-36(30(3)4)43(35)46-26-27-47(44-37(31(5)6)21-15-22-38(44)32(7)8)45(46)33-24-25-42-40(28-33)39-18-12-13-23-41(39)48(42)34-16-10-9-11-17-34/h9-32,45H,1-8H3. The van der Waals surface area contributed by atoms with E-state index in [0.717, 1.165) is 0 Å². The Morgan fingerprint density at radius 1 is 0.438 bits per heavy atom. The number of fused-ring (bicyclic) bond motifs is 3. The maximum absolute atomic E-state index is 2.57. The number of anilines is 2. The van der Waals surface area contributed by atoms with Crippen molar-refractivity contribution in [3.63, 3.8) is 0 Å². The molecular formula is C45H49N3. The summed E-state index contributed by atoms with van der Waals surface area (Å²) < 4.78 is 2.41. The second-order valence-electron chi connectivity index (χ2n) is 14.6. The lowest BCUT2D eigenvalue weighted by atomic mass is 9.90. The molecule has 5 aromatic carbocycles. The van der Waals surface area contributed by atoms with Gasteiger partial charge < -0.3 is 14.4 Å². The van der Waals surface area contributed by atoms with Gasteiger partial charge in [-0.25, -0.2) is 0 Å². The predicted octanol–water partition coefficient (Wildman–Crippen LogP) is 12.8. The van der Waals surface area contributed by atoms with Crippen molar-refractivity contribution >= 4 is 33.2 Å². The first-order chi connectivity index (χ1) is 23.2. The molecule has 7 rings (SSSR count). The molecular weight excluding hydrogens is 583 g/mol. The topological polar surface area (TPSA) is 11.4 Å². The molecule has 1 aliphatic rings. The van der Waals surface area contributed by atoms with Crippen LogP contribution in [0.1, 0.15) is 113 Å². The van der Waals surface area contributed by atoms with Gasteiger partial charge in [0.05, 0.1) is 11.0 Å². The zero-order chi connectivity index (χ0) is 33.7. The molecule has 1 aliphatic heterocycles. The molecule has 0 radical (unpaired) electrons. The highest BCUT2D eigenvalue weighted by atomic mass is 15.4. The minimum Gasteiger partial charge on any atom is -0.321 e. The molecule has 3 heteroatoms. The Labute approximate surface area is 287 Å². The number of rotatable bonds is 8. The van der Waals surface area contributed by atoms with Crippen LogP contribution in [0.25, 0.3) is 27.5 Å². The highest BCUT2D eigenvalue weighted by Gasteiger charge is 2.36. The number of aromatic nitrogens is 1. The summed E-state index contributed by atoms with van der Waals surface area (Å²) in [4.78, 5) is 5.15. The van der Waals surface area contributed by atoms with Gasteiger partial charge in [-0.1, -0.05) is 134 Å². The number of benzene rings is 5. The molecule has 0 amide bonds. The van der Waals surface area contributed by atoms with Crippen LogP contribution >= 0.6 is 0 Å². The summed E-state index contributed by atoms with van der Waals surface area (Å²) >= 11 is 0. The molecule has 244 valence electrons. The van der Waals surface area contributed by atoms with Crippen LogP contribution in [0.3, 0.4) is 0 Å². The molecule has 0 spiro atoms. The molecule has 0 atom stereocenters. The highest BCUT2D eigenvalue weighted by Crippen LogP contribution is 2.48. The number of nitrogens with zero attached hydrogens (tertiary/aromatic N) is 3. The van der Waals surface area contributed by atoms with E-state index in [0.29, 0.717) is 23.7 Å². The van der Waals surface area contributed by atoms with Crippen LogP contribution in [0, 0.1) is 0 Å². The van der Waals surface area contributed by atoms with E-state index in [-0.39, 0.29) is 6.17 Å². The van der Waals surface area contributed by atoms with Gasteiger partial charge in [0.1, 0.15) is 6.17 Å². The van der Waals surface area contributed by atoms with Crippen LogP contribution in [0.5, 0.6) is 0 Å². The summed E-state index contributed by atoms with van der Waals surface area (Å²) in [7, 11) is 0. The summed E-state index contributed by atoms with van der Waals surface area (Å²) in [5, 5.41) is 2.55. The molecule has 0 saturated carbocycles. The van der Waals surface area contributed by atoms with Crippen molar-refractivity contribution in [3.05, 3.63) is 149 Å². The first-order valence-electron chi connectivity index (χ1n) is 17.8. The minimum absolute atomic E-state index is 0.0527. The highest BCUT2D eigenvalue weighted by molar-refractivity contribution is 6.09. The van der Waals surface area contributed by atoms with Gasteiger partial charge in [0.2, 0.25) is 0 Å². The molecule has 0 N–H and O–H groups in total. The molecule has 6 aromatic rings. The van der Waals surface area contributed by atoms with Crippen molar-refractivity contribution in [1.29, 1.82) is 0 Å². The monoisotopic (exact) mass is 631 g/mol. The van der Waals surface area contributed by atoms with E-state index in [1.54, 1.807) is 0 Å². The van der Waals surface area contributed by atoms with E-state index in [4.69, 9.17) is 0 Å². The molecule has 0 saturated heterocycles. The third kappa shape index (κ3) is 5.30. The minimum atomic E-state index is -0.0527. The average molecular weight is 632 g/mol. The lowest BCUT2D eigenvalue weighted by Gasteiger charge is -2.38. The van der Waals surface area contributed by atoms with E-state index in [9.17, 15) is 0 Å². The van der Waals surface area contributed by atoms with Crippen LogP contribution in [0.2, 0.25) is 0 Å². The molecule has 3 nitrogen and oxygen atoms in total. The molecule has 0 fully saturated rings. The number of para-hydroxylation sites is 4. The second-order valence-corrected chi connectivity index (χ2v) is 14.6. The summed E-state index contributed by atoms with van der Waals surface area (Å²) in [6.07, 6.45) is 4.63. The van der Waals surface area contributed by atoms with Crippen molar-refractivity contribution < 1.29 is 0 Å². The Bertz CT molecular complexity index is 1990. The summed E-state index contributed by atoms with van der Waals surface area (Å²) in [6, 6.07) is 40.6. The van der Waals surface area contributed by atoms with Crippen LogP contribution in [0.15, 0.2) is 122 Å². The quantitative estimate of drug-likeness (QED) is 0.166. The zero-order valence-corrected chi connectivity index (χ0v) is 29.8. The summed E-state index contributed by atoms with van der Waals surface area (Å²) in [6.45, 7) is 18.6. The number of hydrogen-bond acceptors (Lipinski definition) is 2. The van der Waals surface area contributed by atoms with Gasteiger partial charge in [-0.05, 0) is 81.8 Å². The van der Waals surface area contributed by atoms with Crippen molar-refractivity contribution in [2.45, 2.75) is 85.2 Å². The van der Waals surface area contributed by atoms with Gasteiger partial charge in [0, 0.05) is 40.2 Å². The normalized spacial score (nSPS) is 13.9. The van der Waals surface area contributed by atoms with Gasteiger partial charge in [0.15, 0.2) is 0 Å². The van der Waals surface area contributed by atoms with E-state index in [1.165, 1.54) is 66.7 Å². The largest absolute Gasteiger partial charge is 0.321 e. The Morgan fingerprint density at radius 2 is 0.896 bits per heavy atom. The van der Waals surface area contributed by atoms with Crippen molar-refractivity contribution in [2.75, 3.05) is 9.80 Å². The summed E-state index contributed by atoms with van der Waals surface area (Å²) in [5.41, 5.74) is 13.2. The Morgan fingerprint density at radius 3 is 1.40 bits per heavy atom. The molecule has 0 bridgehead atoms. The van der Waals surface area contributed by atoms with Gasteiger partial charge >= 0.3 is 0 Å². The Hall–Kier alpha value is -4.76. The summed E-state index contributed by atoms with van der Waals surface area (Å²) in [5.74, 6) is 1.56. The SMILES string of the molecule is CC(C)c1cccc(C(C)C)c1N1C=CN(c2c(C(C)C)cccc2C(C)C)C1c1ccc2c(c1)c1ccccc1n2-c1ccccc1. The van der Waals surface area contributed by atoms with Crippen molar-refractivity contribution in [2.24, 2.45) is 0 Å². The fourth-order valence-corrected chi connectivity index (χ4v) is 7.78. The van der Waals surface area contributed by atoms with E-state index >= 15 is 0 Å². The van der Waals surface area contributed by atoms with Gasteiger partial charge in [-0.3, -0.25) is 0 Å². The fourth-order valence-electron chi connectivity index (χ4n) is 7.78. The molecule has 0 aliphatic carbocycles. The van der Waals surface area contributed by atoms with Crippen LogP contribution in [0.4, 0.5) is 11.4 Å². The third-order valence-corrected chi connectivity index (χ3v) is 10.1. The average Bonchev–Trinajstić information content (AvgIpc) is 3.67.